The standard InChI is InChI=1S/C28H27N5O5S/c1-16-12-18(3)25-22(13-16)29-27(38-25)20-5-4-17(2)21(14-20)30-28(39)31-26(34)19-6-7-23(24(15-19)33(35)36)32-8-10-37-11-9-32/h4-7,12-15H,8-11H2,1-3H3,(H2,30,31,34,39). The van der Waals surface area contributed by atoms with Crippen LogP contribution in [0.5, 0.6) is 0 Å². The predicted octanol–water partition coefficient (Wildman–Crippen LogP) is 5.29. The molecule has 0 radical (unpaired) electrons. The van der Waals surface area contributed by atoms with Gasteiger partial charge in [0.1, 0.15) is 11.2 Å². The lowest BCUT2D eigenvalue weighted by molar-refractivity contribution is -0.384. The van der Waals surface area contributed by atoms with E-state index in [9.17, 15) is 14.9 Å². The summed E-state index contributed by atoms with van der Waals surface area (Å²) in [7, 11) is 0. The van der Waals surface area contributed by atoms with Crippen LogP contribution in [0.4, 0.5) is 17.1 Å². The molecule has 1 amide bonds. The summed E-state index contributed by atoms with van der Waals surface area (Å²) in [5.74, 6) is -0.0768. The molecule has 0 saturated carbocycles. The van der Waals surface area contributed by atoms with E-state index in [-0.39, 0.29) is 16.4 Å². The molecule has 39 heavy (non-hydrogen) atoms. The maximum Gasteiger partial charge on any atom is 0.293 e. The van der Waals surface area contributed by atoms with Crippen LogP contribution in [0.15, 0.2) is 52.9 Å². The summed E-state index contributed by atoms with van der Waals surface area (Å²) in [6.45, 7) is 7.98. The number of thiocarbonyl (C=S) groups is 1. The van der Waals surface area contributed by atoms with Gasteiger partial charge in [-0.3, -0.25) is 20.2 Å². The number of amides is 1. The average molecular weight is 546 g/mol. The average Bonchev–Trinajstić information content (AvgIpc) is 3.34. The molecule has 1 aliphatic heterocycles. The van der Waals surface area contributed by atoms with Crippen molar-refractivity contribution in [3.05, 3.63) is 80.9 Å². The Labute approximate surface area is 230 Å². The fourth-order valence-corrected chi connectivity index (χ4v) is 4.80. The van der Waals surface area contributed by atoms with Gasteiger partial charge in [0.2, 0.25) is 5.89 Å². The Morgan fingerprint density at radius 2 is 1.82 bits per heavy atom. The lowest BCUT2D eigenvalue weighted by Gasteiger charge is -2.28. The van der Waals surface area contributed by atoms with E-state index in [1.54, 1.807) is 12.1 Å². The van der Waals surface area contributed by atoms with Crippen molar-refractivity contribution in [1.82, 2.24) is 10.3 Å². The van der Waals surface area contributed by atoms with E-state index in [2.05, 4.69) is 15.6 Å². The van der Waals surface area contributed by atoms with E-state index in [1.165, 1.54) is 6.07 Å². The lowest BCUT2D eigenvalue weighted by Crippen LogP contribution is -2.37. The van der Waals surface area contributed by atoms with Crippen LogP contribution in [0, 0.1) is 30.9 Å². The zero-order valence-electron chi connectivity index (χ0n) is 21.7. The summed E-state index contributed by atoms with van der Waals surface area (Å²) in [4.78, 5) is 30.7. The van der Waals surface area contributed by atoms with Gasteiger partial charge in [0.15, 0.2) is 10.7 Å². The van der Waals surface area contributed by atoms with E-state index in [1.807, 2.05) is 56.0 Å². The van der Waals surface area contributed by atoms with Gasteiger partial charge >= 0.3 is 0 Å². The highest BCUT2D eigenvalue weighted by Gasteiger charge is 2.24. The van der Waals surface area contributed by atoms with Gasteiger partial charge < -0.3 is 19.4 Å². The Morgan fingerprint density at radius 3 is 2.56 bits per heavy atom. The second-order valence-corrected chi connectivity index (χ2v) is 9.86. The Kier molecular flexibility index (Phi) is 7.27. The summed E-state index contributed by atoms with van der Waals surface area (Å²) in [6, 6.07) is 14.1. The third-order valence-corrected chi connectivity index (χ3v) is 6.77. The van der Waals surface area contributed by atoms with Gasteiger partial charge in [-0.1, -0.05) is 12.1 Å². The molecule has 0 spiro atoms. The van der Waals surface area contributed by atoms with E-state index < -0.39 is 10.8 Å². The van der Waals surface area contributed by atoms with Gasteiger partial charge in [-0.05, 0) is 80.0 Å². The molecule has 11 heteroatoms. The van der Waals surface area contributed by atoms with Crippen molar-refractivity contribution >= 4 is 51.4 Å². The molecular formula is C28H27N5O5S. The van der Waals surface area contributed by atoms with Crippen LogP contribution < -0.4 is 15.5 Å². The summed E-state index contributed by atoms with van der Waals surface area (Å²) < 4.78 is 11.4. The molecule has 0 atom stereocenters. The molecule has 2 N–H and O–H groups in total. The first-order valence-corrected chi connectivity index (χ1v) is 12.8. The van der Waals surface area contributed by atoms with Crippen LogP contribution in [0.25, 0.3) is 22.6 Å². The molecule has 1 saturated heterocycles. The Balaban J connectivity index is 1.32. The largest absolute Gasteiger partial charge is 0.436 e. The smallest absolute Gasteiger partial charge is 0.293 e. The predicted molar refractivity (Wildman–Crippen MR) is 153 cm³/mol. The summed E-state index contributed by atoms with van der Waals surface area (Å²) in [6.07, 6.45) is 0. The van der Waals surface area contributed by atoms with E-state index >= 15 is 0 Å². The lowest BCUT2D eigenvalue weighted by atomic mass is 10.1. The number of rotatable bonds is 5. The van der Waals surface area contributed by atoms with Crippen LogP contribution in [-0.4, -0.2) is 47.2 Å². The zero-order valence-corrected chi connectivity index (χ0v) is 22.6. The molecule has 1 aromatic heterocycles. The number of aromatic nitrogens is 1. The third-order valence-electron chi connectivity index (χ3n) is 6.57. The maximum absolute atomic E-state index is 12.9. The topological polar surface area (TPSA) is 123 Å². The Bertz CT molecular complexity index is 1610. The van der Waals surface area contributed by atoms with Crippen molar-refractivity contribution in [2.24, 2.45) is 0 Å². The van der Waals surface area contributed by atoms with E-state index in [0.29, 0.717) is 43.6 Å². The molecule has 5 rings (SSSR count). The van der Waals surface area contributed by atoms with Gasteiger partial charge in [0.05, 0.1) is 18.1 Å². The van der Waals surface area contributed by atoms with Crippen molar-refractivity contribution in [1.29, 1.82) is 0 Å². The maximum atomic E-state index is 12.9. The molecule has 1 fully saturated rings. The second-order valence-electron chi connectivity index (χ2n) is 9.45. The van der Waals surface area contributed by atoms with Crippen LogP contribution in [0.1, 0.15) is 27.0 Å². The van der Waals surface area contributed by atoms with Crippen molar-refractivity contribution in [2.75, 3.05) is 36.5 Å². The number of aryl methyl sites for hydroxylation is 3. The van der Waals surface area contributed by atoms with Crippen LogP contribution >= 0.6 is 12.2 Å². The van der Waals surface area contributed by atoms with Gasteiger partial charge in [-0.15, -0.1) is 0 Å². The highest BCUT2D eigenvalue weighted by atomic mass is 32.1. The normalized spacial score (nSPS) is 13.4. The van der Waals surface area contributed by atoms with Gasteiger partial charge in [-0.2, -0.15) is 0 Å². The highest BCUT2D eigenvalue weighted by Crippen LogP contribution is 2.31. The van der Waals surface area contributed by atoms with Gasteiger partial charge in [0, 0.05) is 36.0 Å². The molecule has 4 aromatic rings. The van der Waals surface area contributed by atoms with Gasteiger partial charge in [-0.25, -0.2) is 4.98 Å². The highest BCUT2D eigenvalue weighted by molar-refractivity contribution is 7.80. The molecule has 10 nitrogen and oxygen atoms in total. The number of morpholine rings is 1. The molecule has 1 aliphatic rings. The first-order chi connectivity index (χ1) is 18.7. The molecule has 3 aromatic carbocycles. The number of nitrogens with one attached hydrogen (secondary N) is 2. The minimum atomic E-state index is -0.553. The monoisotopic (exact) mass is 545 g/mol. The number of nitrogens with zero attached hydrogens (tertiary/aromatic N) is 3. The number of carbonyl (C=O) groups excluding carboxylic acids is 1. The number of fused-ring (bicyclic) bond motifs is 1. The Hall–Kier alpha value is -4.35. The van der Waals surface area contributed by atoms with Gasteiger partial charge in [0.25, 0.3) is 11.6 Å². The quantitative estimate of drug-likeness (QED) is 0.196. The minimum absolute atomic E-state index is 0.0594. The third kappa shape index (κ3) is 5.59. The van der Waals surface area contributed by atoms with Crippen LogP contribution in [-0.2, 0) is 4.74 Å². The number of hydrogen-bond donors (Lipinski definition) is 2. The van der Waals surface area contributed by atoms with Crippen molar-refractivity contribution in [3.63, 3.8) is 0 Å². The van der Waals surface area contributed by atoms with Crippen molar-refractivity contribution in [3.8, 4) is 11.5 Å². The van der Waals surface area contributed by atoms with E-state index in [0.717, 1.165) is 33.4 Å². The molecular weight excluding hydrogens is 518 g/mol. The fraction of sp³-hybridized carbons (Fsp3) is 0.250. The molecule has 2 heterocycles. The van der Waals surface area contributed by atoms with Crippen molar-refractivity contribution < 1.29 is 18.9 Å². The number of hydrogen-bond acceptors (Lipinski definition) is 8. The zero-order chi connectivity index (χ0) is 27.7. The first-order valence-electron chi connectivity index (χ1n) is 12.4. The van der Waals surface area contributed by atoms with Crippen molar-refractivity contribution in [2.45, 2.75) is 20.8 Å². The van der Waals surface area contributed by atoms with Crippen LogP contribution in [0.2, 0.25) is 0 Å². The minimum Gasteiger partial charge on any atom is -0.436 e. The SMILES string of the molecule is Cc1cc(C)c2oc(-c3ccc(C)c(NC(=S)NC(=O)c4ccc(N5CCOCC5)c([N+](=O)[O-])c4)c3)nc2c1. The Morgan fingerprint density at radius 1 is 1.05 bits per heavy atom. The number of oxazole rings is 1. The number of nitro benzene ring substituents is 1. The summed E-state index contributed by atoms with van der Waals surface area (Å²) in [5.41, 5.74) is 6.39. The second kappa shape index (κ2) is 10.8. The number of anilines is 2. The van der Waals surface area contributed by atoms with Crippen LogP contribution in [0.3, 0.4) is 0 Å². The number of nitro groups is 1. The summed E-state index contributed by atoms with van der Waals surface area (Å²) in [5, 5.41) is 17.5. The number of carbonyl (C=O) groups is 1. The number of ether oxygens (including phenoxy) is 1. The molecule has 0 unspecified atom stereocenters. The van der Waals surface area contributed by atoms with E-state index in [4.69, 9.17) is 21.4 Å². The molecule has 0 bridgehead atoms. The molecule has 0 aliphatic carbocycles. The summed E-state index contributed by atoms with van der Waals surface area (Å²) >= 11 is 5.39. The fourth-order valence-electron chi connectivity index (χ4n) is 4.60. The number of benzene rings is 3. The molecule has 200 valence electrons. The first kappa shape index (κ1) is 26.3.